The molecule has 1 aliphatic heterocycles. The fraction of sp³-hybridized carbons (Fsp3) is 1.00. The molecule has 1 saturated carbocycles. The molecule has 72 valence electrons. The lowest BCUT2D eigenvalue weighted by atomic mass is 10.1. The third-order valence-electron chi connectivity index (χ3n) is 2.84. The molecule has 1 N–H and O–H groups in total. The van der Waals surface area contributed by atoms with E-state index in [-0.39, 0.29) is 12.4 Å². The van der Waals surface area contributed by atoms with Gasteiger partial charge in [-0.2, -0.15) is 0 Å². The second kappa shape index (κ2) is 4.73. The van der Waals surface area contributed by atoms with Crippen LogP contribution >= 0.6 is 24.2 Å². The van der Waals surface area contributed by atoms with Gasteiger partial charge < -0.3 is 5.32 Å². The SMILES string of the molecule is C1CCCC2(CC1)NCCS2.Cl. The van der Waals surface area contributed by atoms with E-state index in [0.29, 0.717) is 4.87 Å². The Morgan fingerprint density at radius 2 is 1.67 bits per heavy atom. The summed E-state index contributed by atoms with van der Waals surface area (Å²) in [6.07, 6.45) is 8.64. The van der Waals surface area contributed by atoms with Crippen molar-refractivity contribution in [2.45, 2.75) is 43.4 Å². The van der Waals surface area contributed by atoms with Crippen LogP contribution in [0.2, 0.25) is 0 Å². The van der Waals surface area contributed by atoms with Crippen LogP contribution in [0.1, 0.15) is 38.5 Å². The van der Waals surface area contributed by atoms with Crippen LogP contribution in [0.3, 0.4) is 0 Å². The van der Waals surface area contributed by atoms with E-state index >= 15 is 0 Å². The van der Waals surface area contributed by atoms with Crippen LogP contribution in [-0.2, 0) is 0 Å². The zero-order valence-electron chi connectivity index (χ0n) is 7.47. The van der Waals surface area contributed by atoms with E-state index < -0.39 is 0 Å². The largest absolute Gasteiger partial charge is 0.302 e. The summed E-state index contributed by atoms with van der Waals surface area (Å²) in [4.78, 5) is 0.524. The van der Waals surface area contributed by atoms with Gasteiger partial charge in [0.05, 0.1) is 4.87 Å². The predicted molar refractivity (Wildman–Crippen MR) is 58.1 cm³/mol. The highest BCUT2D eigenvalue weighted by Crippen LogP contribution is 2.39. The lowest BCUT2D eigenvalue weighted by Gasteiger charge is -2.26. The summed E-state index contributed by atoms with van der Waals surface area (Å²) in [5.74, 6) is 1.33. The number of nitrogens with one attached hydrogen (secondary N) is 1. The van der Waals surface area contributed by atoms with Gasteiger partial charge in [0.1, 0.15) is 0 Å². The normalized spacial score (nSPS) is 28.0. The number of halogens is 1. The highest BCUT2D eigenvalue weighted by molar-refractivity contribution is 8.00. The van der Waals surface area contributed by atoms with Crippen LogP contribution in [0.5, 0.6) is 0 Å². The average molecular weight is 208 g/mol. The fourth-order valence-corrected chi connectivity index (χ4v) is 3.57. The molecule has 2 rings (SSSR count). The molecular formula is C9H18ClNS. The lowest BCUT2D eigenvalue weighted by molar-refractivity contribution is 0.446. The molecule has 0 unspecified atom stereocenters. The van der Waals surface area contributed by atoms with E-state index in [1.54, 1.807) is 0 Å². The van der Waals surface area contributed by atoms with Gasteiger partial charge >= 0.3 is 0 Å². The van der Waals surface area contributed by atoms with Gasteiger partial charge in [-0.25, -0.2) is 0 Å². The van der Waals surface area contributed by atoms with Gasteiger partial charge in [-0.15, -0.1) is 24.2 Å². The van der Waals surface area contributed by atoms with E-state index in [2.05, 4.69) is 17.1 Å². The summed E-state index contributed by atoms with van der Waals surface area (Å²) in [5, 5.41) is 3.67. The van der Waals surface area contributed by atoms with Crippen molar-refractivity contribution in [2.75, 3.05) is 12.3 Å². The van der Waals surface area contributed by atoms with Crippen LogP contribution in [0.25, 0.3) is 0 Å². The quantitative estimate of drug-likeness (QED) is 0.656. The Balaban J connectivity index is 0.000000720. The van der Waals surface area contributed by atoms with Crippen LogP contribution in [0.15, 0.2) is 0 Å². The Kier molecular flexibility index (Phi) is 4.21. The van der Waals surface area contributed by atoms with Crippen LogP contribution in [0, 0.1) is 0 Å². The second-order valence-corrected chi connectivity index (χ2v) is 5.16. The number of hydrogen-bond acceptors (Lipinski definition) is 2. The van der Waals surface area contributed by atoms with Crippen molar-refractivity contribution < 1.29 is 0 Å². The molecule has 0 aromatic heterocycles. The number of hydrogen-bond donors (Lipinski definition) is 1. The minimum absolute atomic E-state index is 0. The van der Waals surface area contributed by atoms with Gasteiger partial charge in [0.25, 0.3) is 0 Å². The van der Waals surface area contributed by atoms with Crippen molar-refractivity contribution >= 4 is 24.2 Å². The van der Waals surface area contributed by atoms with Gasteiger partial charge in [0.2, 0.25) is 0 Å². The molecule has 2 fully saturated rings. The molecule has 1 nitrogen and oxygen atoms in total. The molecule has 0 atom stereocenters. The molecule has 0 bridgehead atoms. The Hall–Kier alpha value is 0.600. The van der Waals surface area contributed by atoms with Gasteiger partial charge in [0.15, 0.2) is 0 Å². The summed E-state index contributed by atoms with van der Waals surface area (Å²) in [6, 6.07) is 0. The van der Waals surface area contributed by atoms with Crippen LogP contribution in [-0.4, -0.2) is 17.2 Å². The molecule has 0 amide bonds. The smallest absolute Gasteiger partial charge is 0.0645 e. The molecular weight excluding hydrogens is 190 g/mol. The van der Waals surface area contributed by atoms with E-state index in [1.165, 1.54) is 50.8 Å². The van der Waals surface area contributed by atoms with Gasteiger partial charge in [-0.05, 0) is 12.8 Å². The maximum absolute atomic E-state index is 3.67. The summed E-state index contributed by atoms with van der Waals surface area (Å²) in [6.45, 7) is 1.24. The molecule has 1 spiro atoms. The number of thioether (sulfide) groups is 1. The van der Waals surface area contributed by atoms with E-state index in [4.69, 9.17) is 0 Å². The summed E-state index contributed by atoms with van der Waals surface area (Å²) < 4.78 is 0. The molecule has 12 heavy (non-hydrogen) atoms. The first-order valence-corrected chi connectivity index (χ1v) is 5.79. The van der Waals surface area contributed by atoms with Crippen molar-refractivity contribution in [3.05, 3.63) is 0 Å². The Labute approximate surface area is 85.5 Å². The molecule has 0 aromatic carbocycles. The molecule has 0 aromatic rings. The molecule has 0 radical (unpaired) electrons. The van der Waals surface area contributed by atoms with E-state index in [9.17, 15) is 0 Å². The first-order chi connectivity index (χ1) is 5.41. The molecule has 3 heteroatoms. The average Bonchev–Trinajstić information content (AvgIpc) is 2.32. The molecule has 1 heterocycles. The second-order valence-electron chi connectivity index (χ2n) is 3.68. The minimum atomic E-state index is 0. The minimum Gasteiger partial charge on any atom is -0.302 e. The third-order valence-corrected chi connectivity index (χ3v) is 4.35. The molecule has 1 aliphatic carbocycles. The Morgan fingerprint density at radius 3 is 2.17 bits per heavy atom. The summed E-state index contributed by atoms with van der Waals surface area (Å²) >= 11 is 2.17. The monoisotopic (exact) mass is 207 g/mol. The predicted octanol–water partition coefficient (Wildman–Crippen LogP) is 2.80. The van der Waals surface area contributed by atoms with Crippen molar-refractivity contribution in [3.8, 4) is 0 Å². The third kappa shape index (κ3) is 2.30. The van der Waals surface area contributed by atoms with Gasteiger partial charge in [-0.3, -0.25) is 0 Å². The topological polar surface area (TPSA) is 12.0 Å². The first-order valence-electron chi connectivity index (χ1n) is 4.80. The van der Waals surface area contributed by atoms with Crippen molar-refractivity contribution in [3.63, 3.8) is 0 Å². The van der Waals surface area contributed by atoms with Crippen LogP contribution < -0.4 is 5.32 Å². The maximum Gasteiger partial charge on any atom is 0.0645 e. The molecule has 2 aliphatic rings. The fourth-order valence-electron chi connectivity index (χ4n) is 2.20. The van der Waals surface area contributed by atoms with Crippen molar-refractivity contribution in [2.24, 2.45) is 0 Å². The Morgan fingerprint density at radius 1 is 1.00 bits per heavy atom. The Bertz CT molecular complexity index is 124. The highest BCUT2D eigenvalue weighted by atomic mass is 35.5. The zero-order valence-corrected chi connectivity index (χ0v) is 9.11. The first kappa shape index (κ1) is 10.7. The highest BCUT2D eigenvalue weighted by Gasteiger charge is 2.33. The summed E-state index contributed by atoms with van der Waals surface area (Å²) in [5.41, 5.74) is 0. The van der Waals surface area contributed by atoms with E-state index in [0.717, 1.165) is 0 Å². The van der Waals surface area contributed by atoms with Crippen molar-refractivity contribution in [1.82, 2.24) is 5.32 Å². The summed E-state index contributed by atoms with van der Waals surface area (Å²) in [7, 11) is 0. The molecule has 1 saturated heterocycles. The lowest BCUT2D eigenvalue weighted by Crippen LogP contribution is -2.36. The van der Waals surface area contributed by atoms with Crippen molar-refractivity contribution in [1.29, 1.82) is 0 Å². The van der Waals surface area contributed by atoms with Crippen LogP contribution in [0.4, 0.5) is 0 Å². The standard InChI is InChI=1S/C9H17NS.ClH/c1-2-4-6-9(5-3-1)10-7-8-11-9;/h10H,1-8H2;1H. The van der Waals surface area contributed by atoms with Gasteiger partial charge in [-0.1, -0.05) is 25.7 Å². The zero-order chi connectivity index (χ0) is 7.57. The van der Waals surface area contributed by atoms with Gasteiger partial charge in [0, 0.05) is 12.3 Å². The van der Waals surface area contributed by atoms with E-state index in [1.807, 2.05) is 0 Å². The maximum atomic E-state index is 3.67. The number of rotatable bonds is 0.